The van der Waals surface area contributed by atoms with E-state index in [-0.39, 0.29) is 12.2 Å². The number of carbonyl (C=O) groups excluding carboxylic acids is 2. The molecule has 8 heteroatoms. The monoisotopic (exact) mass is 504 g/mol. The van der Waals surface area contributed by atoms with Crippen LogP contribution in [0.4, 0.5) is 9.59 Å². The highest BCUT2D eigenvalue weighted by Crippen LogP contribution is 2.15. The molecule has 204 valence electrons. The average Bonchev–Trinajstić information content (AvgIpc) is 2.78. The number of amides is 2. The molecule has 2 heterocycles. The molecule has 8 nitrogen and oxygen atoms in total. The molecule has 3 rings (SSSR count). The summed E-state index contributed by atoms with van der Waals surface area (Å²) in [6.07, 6.45) is 0.525. The van der Waals surface area contributed by atoms with E-state index < -0.39 is 11.2 Å². The number of nitrogens with zero attached hydrogens (tertiary/aromatic N) is 2. The molecule has 2 fully saturated rings. The van der Waals surface area contributed by atoms with E-state index in [0.717, 1.165) is 32.6 Å². The summed E-state index contributed by atoms with van der Waals surface area (Å²) in [5.41, 5.74) is 0.447. The molecule has 0 aromatic heterocycles. The van der Waals surface area contributed by atoms with Crippen LogP contribution in [0.5, 0.6) is 0 Å². The quantitative estimate of drug-likeness (QED) is 0.639. The molecule has 0 radical (unpaired) electrons. The first-order chi connectivity index (χ1) is 16.7. The van der Waals surface area contributed by atoms with Crippen molar-refractivity contribution in [1.29, 1.82) is 0 Å². The summed E-state index contributed by atoms with van der Waals surface area (Å²) in [5.74, 6) is 0.533. The van der Waals surface area contributed by atoms with E-state index >= 15 is 0 Å². The Labute approximate surface area is 218 Å². The molecular formula is C28H48N4O4. The van der Waals surface area contributed by atoms with Gasteiger partial charge in [-0.2, -0.15) is 0 Å². The summed E-state index contributed by atoms with van der Waals surface area (Å²) >= 11 is 0. The number of nitrogens with one attached hydrogen (secondary N) is 2. The van der Waals surface area contributed by atoms with Crippen LogP contribution in [0.15, 0.2) is 30.3 Å². The Morgan fingerprint density at radius 3 is 1.86 bits per heavy atom. The summed E-state index contributed by atoms with van der Waals surface area (Å²) in [5, 5.41) is 6.88. The van der Waals surface area contributed by atoms with Crippen LogP contribution in [0, 0.1) is 5.92 Å². The topological polar surface area (TPSA) is 83.1 Å². The molecule has 2 amide bonds. The highest BCUT2D eigenvalue weighted by molar-refractivity contribution is 5.68. The molecule has 2 N–H and O–H groups in total. The van der Waals surface area contributed by atoms with Crippen LogP contribution in [-0.2, 0) is 15.9 Å². The van der Waals surface area contributed by atoms with Gasteiger partial charge in [0.05, 0.1) is 0 Å². The number of ether oxygens (including phenoxy) is 2. The third kappa shape index (κ3) is 11.2. The second-order valence-electron chi connectivity index (χ2n) is 12.0. The van der Waals surface area contributed by atoms with Gasteiger partial charge in [0, 0.05) is 51.4 Å². The minimum atomic E-state index is -0.434. The van der Waals surface area contributed by atoms with Crippen molar-refractivity contribution in [2.45, 2.75) is 85.1 Å². The van der Waals surface area contributed by atoms with Crippen molar-refractivity contribution in [1.82, 2.24) is 20.4 Å². The largest absolute Gasteiger partial charge is 0.444 e. The van der Waals surface area contributed by atoms with Crippen molar-refractivity contribution in [2.24, 2.45) is 5.92 Å². The number of hydrogen-bond donors (Lipinski definition) is 2. The lowest BCUT2D eigenvalue weighted by atomic mass is 10.0. The summed E-state index contributed by atoms with van der Waals surface area (Å²) < 4.78 is 10.8. The van der Waals surface area contributed by atoms with Crippen molar-refractivity contribution in [3.05, 3.63) is 35.9 Å². The Balaban J connectivity index is 0.000000261. The van der Waals surface area contributed by atoms with E-state index in [1.165, 1.54) is 5.56 Å². The standard InChI is InChI=1S/C16H24N2O2.C12H24N2O2/c1-16(2,3)20-15(19)18-10-9-17-14(12-18)11-13-7-5-4-6-8-13;1-9(2)10-8-14(7-6-13-10)11(15)16-12(3,4)5/h4-8,14,17H,9-12H2,1-3H3;9-10,13H,6-8H2,1-5H3. The van der Waals surface area contributed by atoms with E-state index in [0.29, 0.717) is 31.1 Å². The Bertz CT molecular complexity index is 817. The highest BCUT2D eigenvalue weighted by atomic mass is 16.6. The van der Waals surface area contributed by atoms with E-state index in [4.69, 9.17) is 9.47 Å². The predicted molar refractivity (Wildman–Crippen MR) is 144 cm³/mol. The molecule has 1 aromatic carbocycles. The average molecular weight is 505 g/mol. The van der Waals surface area contributed by atoms with Crippen LogP contribution in [0.2, 0.25) is 0 Å². The first kappa shape index (κ1) is 29.9. The molecule has 1 aromatic rings. The number of carbonyl (C=O) groups is 2. The lowest BCUT2D eigenvalue weighted by molar-refractivity contribution is 0.0175. The predicted octanol–water partition coefficient (Wildman–Crippen LogP) is 4.29. The lowest BCUT2D eigenvalue weighted by Crippen LogP contribution is -2.55. The summed E-state index contributed by atoms with van der Waals surface area (Å²) in [4.78, 5) is 27.5. The summed E-state index contributed by atoms with van der Waals surface area (Å²) in [7, 11) is 0. The fourth-order valence-electron chi connectivity index (χ4n) is 4.07. The zero-order chi connectivity index (χ0) is 26.9. The second kappa shape index (κ2) is 13.3. The molecule has 2 aliphatic rings. The first-order valence-corrected chi connectivity index (χ1v) is 13.2. The summed E-state index contributed by atoms with van der Waals surface area (Å²) in [6, 6.07) is 11.0. The van der Waals surface area contributed by atoms with Gasteiger partial charge >= 0.3 is 12.2 Å². The molecule has 2 aliphatic heterocycles. The SMILES string of the molecule is CC(C)(C)OC(=O)N1CCNC(Cc2ccccc2)C1.CC(C)C1CN(C(=O)OC(C)(C)C)CCN1. The minimum Gasteiger partial charge on any atom is -0.444 e. The fourth-order valence-corrected chi connectivity index (χ4v) is 4.07. The van der Waals surface area contributed by atoms with Crippen molar-refractivity contribution in [3.8, 4) is 0 Å². The van der Waals surface area contributed by atoms with E-state index in [2.05, 4.69) is 36.6 Å². The van der Waals surface area contributed by atoms with Gasteiger partial charge in [0.2, 0.25) is 0 Å². The van der Waals surface area contributed by atoms with Crippen molar-refractivity contribution in [3.63, 3.8) is 0 Å². The number of rotatable bonds is 3. The lowest BCUT2D eigenvalue weighted by Gasteiger charge is -2.36. The number of benzene rings is 1. The third-order valence-corrected chi connectivity index (χ3v) is 5.89. The number of piperazine rings is 2. The maximum Gasteiger partial charge on any atom is 0.410 e. The molecule has 2 unspecified atom stereocenters. The van der Waals surface area contributed by atoms with Gasteiger partial charge in [-0.25, -0.2) is 9.59 Å². The van der Waals surface area contributed by atoms with Crippen LogP contribution in [-0.4, -0.2) is 84.5 Å². The maximum atomic E-state index is 12.1. The van der Waals surface area contributed by atoms with Crippen molar-refractivity contribution < 1.29 is 19.1 Å². The summed E-state index contributed by atoms with van der Waals surface area (Å²) in [6.45, 7) is 20.3. The van der Waals surface area contributed by atoms with Crippen LogP contribution < -0.4 is 10.6 Å². The van der Waals surface area contributed by atoms with Gasteiger partial charge in [-0.1, -0.05) is 44.2 Å². The highest BCUT2D eigenvalue weighted by Gasteiger charge is 2.29. The van der Waals surface area contributed by atoms with E-state index in [1.54, 1.807) is 9.80 Å². The van der Waals surface area contributed by atoms with Gasteiger partial charge in [-0.15, -0.1) is 0 Å². The Morgan fingerprint density at radius 1 is 0.861 bits per heavy atom. The molecule has 0 spiro atoms. The van der Waals surface area contributed by atoms with E-state index in [1.807, 2.05) is 59.7 Å². The van der Waals surface area contributed by atoms with Gasteiger partial charge in [0.15, 0.2) is 0 Å². The molecule has 0 bridgehead atoms. The molecule has 36 heavy (non-hydrogen) atoms. The van der Waals surface area contributed by atoms with Crippen LogP contribution >= 0.6 is 0 Å². The van der Waals surface area contributed by atoms with Crippen LogP contribution in [0.3, 0.4) is 0 Å². The van der Waals surface area contributed by atoms with Gasteiger partial charge < -0.3 is 29.9 Å². The first-order valence-electron chi connectivity index (χ1n) is 13.2. The zero-order valence-electron chi connectivity index (χ0n) is 23.6. The van der Waals surface area contributed by atoms with Crippen LogP contribution in [0.1, 0.15) is 61.0 Å². The molecule has 2 saturated heterocycles. The third-order valence-electron chi connectivity index (χ3n) is 5.89. The van der Waals surface area contributed by atoms with Gasteiger partial charge in [0.25, 0.3) is 0 Å². The Morgan fingerprint density at radius 2 is 1.36 bits per heavy atom. The molecular weight excluding hydrogens is 456 g/mol. The minimum absolute atomic E-state index is 0.195. The molecule has 0 saturated carbocycles. The van der Waals surface area contributed by atoms with E-state index in [9.17, 15) is 9.59 Å². The second-order valence-corrected chi connectivity index (χ2v) is 12.0. The Kier molecular flexibility index (Phi) is 11.0. The molecule has 2 atom stereocenters. The Hall–Kier alpha value is -2.32. The van der Waals surface area contributed by atoms with Crippen molar-refractivity contribution >= 4 is 12.2 Å². The zero-order valence-corrected chi connectivity index (χ0v) is 23.6. The van der Waals surface area contributed by atoms with Crippen LogP contribution in [0.25, 0.3) is 0 Å². The van der Waals surface area contributed by atoms with Gasteiger partial charge in [-0.3, -0.25) is 0 Å². The molecule has 0 aliphatic carbocycles. The maximum absolute atomic E-state index is 12.1. The smallest absolute Gasteiger partial charge is 0.410 e. The fraction of sp³-hybridized carbons (Fsp3) is 0.714. The van der Waals surface area contributed by atoms with Gasteiger partial charge in [-0.05, 0) is 59.4 Å². The normalized spacial score (nSPS) is 20.9. The number of hydrogen-bond acceptors (Lipinski definition) is 6. The van der Waals surface area contributed by atoms with Crippen molar-refractivity contribution in [2.75, 3.05) is 39.3 Å². The van der Waals surface area contributed by atoms with Gasteiger partial charge in [0.1, 0.15) is 11.2 Å².